The molecule has 4 N–H and O–H groups in total. The molecule has 0 aliphatic carbocycles. The first-order valence-electron chi connectivity index (χ1n) is 8.27. The number of nitrogens with zero attached hydrogens (tertiary/aromatic N) is 4. The molecule has 1 aromatic carbocycles. The first-order chi connectivity index (χ1) is 12.9. The molecule has 2 heterocycles. The molecule has 1 aliphatic heterocycles. The van der Waals surface area contributed by atoms with Crippen LogP contribution in [0.25, 0.3) is 11.1 Å². The molecule has 2 aromatic rings. The van der Waals surface area contributed by atoms with Crippen LogP contribution in [0.3, 0.4) is 0 Å². The largest absolute Gasteiger partial charge is 0.479 e. The van der Waals surface area contributed by atoms with E-state index in [0.29, 0.717) is 5.69 Å². The van der Waals surface area contributed by atoms with Gasteiger partial charge in [-0.15, -0.1) is 0 Å². The van der Waals surface area contributed by atoms with E-state index >= 15 is 0 Å². The molecule has 142 valence electrons. The monoisotopic (exact) mass is 371 g/mol. The first kappa shape index (κ1) is 18.6. The summed E-state index contributed by atoms with van der Waals surface area (Å²) in [4.78, 5) is 20.7. The van der Waals surface area contributed by atoms with Crippen molar-refractivity contribution in [2.75, 3.05) is 12.8 Å². The highest BCUT2D eigenvalue weighted by molar-refractivity contribution is 5.77. The Hall–Kier alpha value is -3.17. The van der Waals surface area contributed by atoms with E-state index in [9.17, 15) is 9.90 Å². The summed E-state index contributed by atoms with van der Waals surface area (Å²) in [5.41, 5.74) is 10.1. The number of rotatable bonds is 6. The summed E-state index contributed by atoms with van der Waals surface area (Å²) in [6.07, 6.45) is 6.47. The number of hydroxylamine groups is 2. The number of benzene rings is 1. The van der Waals surface area contributed by atoms with Crippen LogP contribution >= 0.6 is 0 Å². The van der Waals surface area contributed by atoms with Gasteiger partial charge in [0, 0.05) is 35.4 Å². The number of anilines is 1. The molecular weight excluding hydrogens is 350 g/mol. The number of carbonyl (C=O) groups is 1. The van der Waals surface area contributed by atoms with Gasteiger partial charge < -0.3 is 15.9 Å². The van der Waals surface area contributed by atoms with Crippen LogP contribution in [-0.4, -0.2) is 50.5 Å². The average molecular weight is 371 g/mol. The maximum Gasteiger partial charge on any atom is 0.334 e. The Morgan fingerprint density at radius 3 is 2.93 bits per heavy atom. The molecule has 27 heavy (non-hydrogen) atoms. The van der Waals surface area contributed by atoms with Gasteiger partial charge in [0.05, 0.1) is 19.9 Å². The highest BCUT2D eigenvalue weighted by atomic mass is 16.7. The summed E-state index contributed by atoms with van der Waals surface area (Å²) in [6.45, 7) is 1.78. The Labute approximate surface area is 155 Å². The number of aliphatic carboxylic acids is 1. The van der Waals surface area contributed by atoms with Gasteiger partial charge in [0.2, 0.25) is 0 Å². The van der Waals surface area contributed by atoms with E-state index in [1.54, 1.807) is 43.1 Å². The predicted molar refractivity (Wildman–Crippen MR) is 99.7 cm³/mol. The number of allylic oxidation sites excluding steroid dienone is 1. The van der Waals surface area contributed by atoms with Gasteiger partial charge in [-0.05, 0) is 30.2 Å². The average Bonchev–Trinajstić information content (AvgIpc) is 3.09. The molecule has 0 fully saturated rings. The molecule has 0 saturated heterocycles. The van der Waals surface area contributed by atoms with Crippen molar-refractivity contribution >= 4 is 17.9 Å². The summed E-state index contributed by atoms with van der Waals surface area (Å²) in [6, 6.07) is 3.82. The molecular formula is C18H21N5O4. The van der Waals surface area contributed by atoms with Crippen LogP contribution in [-0.2, 0) is 16.2 Å². The van der Waals surface area contributed by atoms with Gasteiger partial charge in [0.15, 0.2) is 12.3 Å². The van der Waals surface area contributed by atoms with Crippen LogP contribution < -0.4 is 5.73 Å². The van der Waals surface area contributed by atoms with Crippen molar-refractivity contribution in [3.63, 3.8) is 0 Å². The smallest absolute Gasteiger partial charge is 0.334 e. The molecule has 9 heteroatoms. The minimum Gasteiger partial charge on any atom is -0.479 e. The maximum absolute atomic E-state index is 10.9. The molecule has 0 spiro atoms. The number of hydrogen-bond acceptors (Lipinski definition) is 7. The predicted octanol–water partition coefficient (Wildman–Crippen LogP) is 1.35. The maximum atomic E-state index is 10.9. The normalized spacial score (nSPS) is 17.3. The second-order valence-corrected chi connectivity index (χ2v) is 6.18. The molecule has 0 bridgehead atoms. The van der Waals surface area contributed by atoms with E-state index in [4.69, 9.17) is 15.7 Å². The van der Waals surface area contributed by atoms with Gasteiger partial charge in [-0.2, -0.15) is 5.10 Å². The fraction of sp³-hybridized carbons (Fsp3) is 0.278. The lowest BCUT2D eigenvalue weighted by molar-refractivity contribution is -0.147. The third kappa shape index (κ3) is 3.83. The molecule has 1 aliphatic rings. The van der Waals surface area contributed by atoms with Crippen molar-refractivity contribution in [3.8, 4) is 11.1 Å². The third-order valence-corrected chi connectivity index (χ3v) is 4.20. The second kappa shape index (κ2) is 7.60. The lowest BCUT2D eigenvalue weighted by Gasteiger charge is -2.29. The van der Waals surface area contributed by atoms with Gasteiger partial charge in [0.25, 0.3) is 0 Å². The topological polar surface area (TPSA) is 126 Å². The van der Waals surface area contributed by atoms with Crippen molar-refractivity contribution in [3.05, 3.63) is 47.9 Å². The van der Waals surface area contributed by atoms with E-state index < -0.39 is 18.2 Å². The van der Waals surface area contributed by atoms with Gasteiger partial charge in [0.1, 0.15) is 0 Å². The molecule has 0 saturated carbocycles. The summed E-state index contributed by atoms with van der Waals surface area (Å²) in [7, 11) is 1.55. The zero-order valence-corrected chi connectivity index (χ0v) is 15.0. The highest BCUT2D eigenvalue weighted by Gasteiger charge is 2.25. The summed E-state index contributed by atoms with van der Waals surface area (Å²) >= 11 is 0. The Balaban J connectivity index is 2.03. The lowest BCUT2D eigenvalue weighted by Crippen LogP contribution is -2.25. The molecule has 0 amide bonds. The molecule has 9 nitrogen and oxygen atoms in total. The van der Waals surface area contributed by atoms with Crippen LogP contribution in [0.2, 0.25) is 0 Å². The Morgan fingerprint density at radius 1 is 1.44 bits per heavy atom. The van der Waals surface area contributed by atoms with Crippen molar-refractivity contribution in [1.82, 2.24) is 14.8 Å². The van der Waals surface area contributed by atoms with Crippen LogP contribution in [0, 0.1) is 6.92 Å². The molecule has 1 aromatic heterocycles. The summed E-state index contributed by atoms with van der Waals surface area (Å²) < 4.78 is 1.38. The van der Waals surface area contributed by atoms with Crippen molar-refractivity contribution in [2.45, 2.75) is 25.7 Å². The van der Waals surface area contributed by atoms with Crippen LogP contribution in [0.1, 0.15) is 17.3 Å². The Bertz CT molecular complexity index is 905. The summed E-state index contributed by atoms with van der Waals surface area (Å²) in [5, 5.41) is 24.1. The zero-order chi connectivity index (χ0) is 19.6. The van der Waals surface area contributed by atoms with E-state index in [1.165, 1.54) is 4.68 Å². The van der Waals surface area contributed by atoms with Crippen LogP contribution in [0.15, 0.2) is 41.8 Å². The number of aliphatic imine (C=N–C) groups is 1. The van der Waals surface area contributed by atoms with Gasteiger partial charge in [-0.3, -0.25) is 14.5 Å². The second-order valence-electron chi connectivity index (χ2n) is 6.18. The number of aromatic nitrogens is 2. The van der Waals surface area contributed by atoms with Gasteiger partial charge in [-0.25, -0.2) is 9.86 Å². The van der Waals surface area contributed by atoms with E-state index in [-0.39, 0.29) is 6.54 Å². The van der Waals surface area contributed by atoms with E-state index in [1.807, 2.05) is 19.1 Å². The van der Waals surface area contributed by atoms with Gasteiger partial charge >= 0.3 is 5.97 Å². The van der Waals surface area contributed by atoms with Crippen LogP contribution in [0.5, 0.6) is 0 Å². The fourth-order valence-corrected chi connectivity index (χ4v) is 2.97. The van der Waals surface area contributed by atoms with Gasteiger partial charge in [-0.1, -0.05) is 6.07 Å². The number of carboxylic acid groups (broad SMARTS) is 1. The zero-order valence-electron chi connectivity index (χ0n) is 15.0. The number of carboxylic acids is 1. The minimum absolute atomic E-state index is 0.152. The molecule has 3 rings (SSSR count). The molecule has 0 radical (unpaired) electrons. The molecule has 2 atom stereocenters. The summed E-state index contributed by atoms with van der Waals surface area (Å²) in [5.74, 6) is -1.30. The van der Waals surface area contributed by atoms with Crippen molar-refractivity contribution in [1.29, 1.82) is 0 Å². The quantitative estimate of drug-likeness (QED) is 0.654. The molecule has 1 unspecified atom stereocenters. The number of hydrogen-bond donors (Lipinski definition) is 3. The lowest BCUT2D eigenvalue weighted by atomic mass is 9.95. The number of nitrogen functional groups attached to an aromatic ring is 1. The standard InChI is InChI=1S/C18H21N5O4/c1-11-6-13(12-8-21-22(9-12)10-15(24)18(25)26)16(14(19)7-11)17-20-4-3-5-23(17)27-2/h3-9,15,17,24H,10,19H2,1-2H3,(H,25,26)/t15-,17?/m0/s1. The minimum atomic E-state index is -1.53. The Kier molecular flexibility index (Phi) is 5.24. The van der Waals surface area contributed by atoms with Crippen LogP contribution in [0.4, 0.5) is 5.69 Å². The number of nitrogens with two attached hydrogens (primary N) is 1. The number of aliphatic hydroxyl groups is 1. The highest BCUT2D eigenvalue weighted by Crippen LogP contribution is 2.38. The number of aliphatic hydroxyl groups excluding tert-OH is 1. The van der Waals surface area contributed by atoms with E-state index in [0.717, 1.165) is 22.3 Å². The fourth-order valence-electron chi connectivity index (χ4n) is 2.97. The van der Waals surface area contributed by atoms with Crippen molar-refractivity contribution < 1.29 is 19.8 Å². The van der Waals surface area contributed by atoms with E-state index in [2.05, 4.69) is 10.1 Å². The first-order valence-corrected chi connectivity index (χ1v) is 8.27. The third-order valence-electron chi connectivity index (χ3n) is 4.20. The van der Waals surface area contributed by atoms with Crippen molar-refractivity contribution in [2.24, 2.45) is 4.99 Å². The SMILES string of the molecule is CON1C=CC=NC1c1c(N)cc(C)cc1-c1cnn(C[C@H](O)C(=O)O)c1. The number of aryl methyl sites for hydroxylation is 1. The Morgan fingerprint density at radius 2 is 2.22 bits per heavy atom.